The molecule has 1 heterocycles. The van der Waals surface area contributed by atoms with Gasteiger partial charge in [-0.2, -0.15) is 5.26 Å². The van der Waals surface area contributed by atoms with Gasteiger partial charge in [-0.25, -0.2) is 15.0 Å². The van der Waals surface area contributed by atoms with E-state index in [4.69, 9.17) is 15.0 Å². The fourth-order valence-electron chi connectivity index (χ4n) is 8.51. The predicted molar refractivity (Wildman–Crippen MR) is 229 cm³/mol. The van der Waals surface area contributed by atoms with Gasteiger partial charge in [-0.15, -0.1) is 0 Å². The second-order valence-corrected chi connectivity index (χ2v) is 14.3. The second kappa shape index (κ2) is 12.7. The molecule has 0 amide bonds. The van der Waals surface area contributed by atoms with Crippen LogP contribution in [0.25, 0.3) is 111 Å². The molecule has 56 heavy (non-hydrogen) atoms. The molecule has 10 aromatic rings. The third-order valence-electron chi connectivity index (χ3n) is 11.1. The van der Waals surface area contributed by atoms with Gasteiger partial charge in [0.1, 0.15) is 0 Å². The molecule has 1 aliphatic carbocycles. The Balaban J connectivity index is 1.16. The molecule has 0 bridgehead atoms. The molecule has 0 unspecified atom stereocenters. The smallest absolute Gasteiger partial charge is 0.164 e. The van der Waals surface area contributed by atoms with E-state index >= 15 is 0 Å². The number of rotatable bonds is 5. The van der Waals surface area contributed by atoms with Crippen LogP contribution in [0.4, 0.5) is 0 Å². The summed E-state index contributed by atoms with van der Waals surface area (Å²) in [5.74, 6) is 1.90. The predicted octanol–water partition coefficient (Wildman–Crippen LogP) is 13.2. The molecule has 11 rings (SSSR count). The fourth-order valence-corrected chi connectivity index (χ4v) is 8.51. The van der Waals surface area contributed by atoms with E-state index < -0.39 is 0 Å². The summed E-state index contributed by atoms with van der Waals surface area (Å²) in [6.45, 7) is 0. The average Bonchev–Trinajstić information content (AvgIpc) is 3.60. The maximum absolute atomic E-state index is 9.69. The normalized spacial score (nSPS) is 11.6. The number of benzene rings is 9. The Bertz CT molecular complexity index is 3170. The van der Waals surface area contributed by atoms with Crippen LogP contribution in [0, 0.1) is 11.3 Å². The molecular formula is C52H30N4. The largest absolute Gasteiger partial charge is 0.208 e. The quantitative estimate of drug-likeness (QED) is 0.178. The molecule has 0 radical (unpaired) electrons. The number of hydrogen-bond donors (Lipinski definition) is 0. The van der Waals surface area contributed by atoms with Crippen LogP contribution in [0.5, 0.6) is 0 Å². The molecule has 0 fully saturated rings. The Kier molecular flexibility index (Phi) is 7.20. The van der Waals surface area contributed by atoms with Crippen LogP contribution in [-0.4, -0.2) is 15.0 Å². The number of nitrogens with zero attached hydrogens (tertiary/aromatic N) is 4. The summed E-state index contributed by atoms with van der Waals surface area (Å²) in [6, 6.07) is 65.9. The minimum Gasteiger partial charge on any atom is -0.208 e. The van der Waals surface area contributed by atoms with Crippen molar-refractivity contribution in [3.05, 3.63) is 188 Å². The highest BCUT2D eigenvalue weighted by Crippen LogP contribution is 2.52. The monoisotopic (exact) mass is 710 g/mol. The Labute approximate surface area is 323 Å². The summed E-state index contributed by atoms with van der Waals surface area (Å²) in [4.78, 5) is 15.2. The van der Waals surface area contributed by atoms with Crippen molar-refractivity contribution in [1.29, 1.82) is 5.26 Å². The van der Waals surface area contributed by atoms with Crippen molar-refractivity contribution in [1.82, 2.24) is 15.0 Å². The summed E-state index contributed by atoms with van der Waals surface area (Å²) in [7, 11) is 0. The van der Waals surface area contributed by atoms with E-state index in [0.29, 0.717) is 23.0 Å². The van der Waals surface area contributed by atoms with Crippen molar-refractivity contribution in [2.24, 2.45) is 0 Å². The SMILES string of the molecule is N#Cc1ccc2ccc(-c3ccc4c5c(ccc(-c6cccc7c(-c8nc(-c9ccccc9)nc(-c9ccccc9)n8)cccc67)c35)-c3ccccc3-4)cc2c1. The highest BCUT2D eigenvalue weighted by molar-refractivity contribution is 6.24. The fraction of sp³-hybridized carbons (Fsp3) is 0. The first-order chi connectivity index (χ1) is 27.7. The van der Waals surface area contributed by atoms with Crippen LogP contribution >= 0.6 is 0 Å². The second-order valence-electron chi connectivity index (χ2n) is 14.3. The van der Waals surface area contributed by atoms with Crippen molar-refractivity contribution in [3.8, 4) is 84.7 Å². The zero-order valence-corrected chi connectivity index (χ0v) is 30.1. The van der Waals surface area contributed by atoms with Crippen LogP contribution in [0.2, 0.25) is 0 Å². The molecule has 0 atom stereocenters. The first-order valence-electron chi connectivity index (χ1n) is 18.7. The molecule has 1 aromatic heterocycles. The lowest BCUT2D eigenvalue weighted by Crippen LogP contribution is -2.00. The van der Waals surface area contributed by atoms with E-state index in [0.717, 1.165) is 60.5 Å². The maximum atomic E-state index is 9.69. The van der Waals surface area contributed by atoms with Crippen molar-refractivity contribution >= 4 is 32.3 Å². The highest BCUT2D eigenvalue weighted by atomic mass is 15.0. The minimum atomic E-state index is 0.630. The van der Waals surface area contributed by atoms with E-state index in [1.807, 2.05) is 78.9 Å². The zero-order chi connectivity index (χ0) is 37.2. The summed E-state index contributed by atoms with van der Waals surface area (Å²) < 4.78 is 0. The van der Waals surface area contributed by atoms with Gasteiger partial charge < -0.3 is 0 Å². The van der Waals surface area contributed by atoms with E-state index in [9.17, 15) is 5.26 Å². The summed E-state index contributed by atoms with van der Waals surface area (Å²) >= 11 is 0. The van der Waals surface area contributed by atoms with Crippen LogP contribution < -0.4 is 0 Å². The Hall–Kier alpha value is -7.74. The standard InChI is InChI=1S/C52H30N4/c53-31-32-21-22-33-23-24-36(30-37(33)29-32)38-25-26-45-40-15-7-8-16-41(40)46-28-27-44(48(38)49(45)46)42-18-9-19-43-39(42)17-10-20-47(43)52-55-50(34-11-3-1-4-12-34)54-51(56-52)35-13-5-2-6-14-35/h1-30H. The topological polar surface area (TPSA) is 62.5 Å². The molecule has 9 aromatic carbocycles. The molecule has 0 aliphatic heterocycles. The van der Waals surface area contributed by atoms with Gasteiger partial charge in [0.15, 0.2) is 17.5 Å². The van der Waals surface area contributed by atoms with Gasteiger partial charge in [0.25, 0.3) is 0 Å². The number of hydrogen-bond acceptors (Lipinski definition) is 4. The van der Waals surface area contributed by atoms with Gasteiger partial charge in [0.2, 0.25) is 0 Å². The van der Waals surface area contributed by atoms with Crippen LogP contribution in [0.3, 0.4) is 0 Å². The first kappa shape index (κ1) is 31.8. The van der Waals surface area contributed by atoms with Crippen molar-refractivity contribution in [2.75, 3.05) is 0 Å². The maximum Gasteiger partial charge on any atom is 0.164 e. The van der Waals surface area contributed by atoms with Gasteiger partial charge in [-0.3, -0.25) is 0 Å². The van der Waals surface area contributed by atoms with Crippen LogP contribution in [0.15, 0.2) is 182 Å². The Morgan fingerprint density at radius 2 is 0.821 bits per heavy atom. The molecule has 258 valence electrons. The lowest BCUT2D eigenvalue weighted by Gasteiger charge is -2.17. The summed E-state index contributed by atoms with van der Waals surface area (Å²) in [6.07, 6.45) is 0. The van der Waals surface area contributed by atoms with Crippen LogP contribution in [-0.2, 0) is 0 Å². The minimum absolute atomic E-state index is 0.630. The molecular weight excluding hydrogens is 681 g/mol. The number of fused-ring (bicyclic) bond motifs is 5. The van der Waals surface area contributed by atoms with E-state index in [1.54, 1.807) is 0 Å². The lowest BCUT2D eigenvalue weighted by molar-refractivity contribution is 1.08. The van der Waals surface area contributed by atoms with Gasteiger partial charge in [-0.1, -0.05) is 164 Å². The molecule has 4 heteroatoms. The molecule has 0 N–H and O–H groups in total. The van der Waals surface area contributed by atoms with Gasteiger partial charge in [-0.05, 0) is 95.0 Å². The zero-order valence-electron chi connectivity index (χ0n) is 30.1. The van der Waals surface area contributed by atoms with Gasteiger partial charge >= 0.3 is 0 Å². The molecule has 4 nitrogen and oxygen atoms in total. The van der Waals surface area contributed by atoms with Crippen LogP contribution in [0.1, 0.15) is 5.56 Å². The molecule has 0 saturated heterocycles. The molecule has 0 saturated carbocycles. The Morgan fingerprint density at radius 1 is 0.321 bits per heavy atom. The summed E-state index contributed by atoms with van der Waals surface area (Å²) in [5.41, 5.74) is 13.1. The lowest BCUT2D eigenvalue weighted by atomic mass is 9.86. The molecule has 0 spiro atoms. The van der Waals surface area contributed by atoms with Gasteiger partial charge in [0, 0.05) is 16.7 Å². The third kappa shape index (κ3) is 5.03. The van der Waals surface area contributed by atoms with E-state index in [2.05, 4.69) is 109 Å². The average molecular weight is 711 g/mol. The van der Waals surface area contributed by atoms with Gasteiger partial charge in [0.05, 0.1) is 11.6 Å². The van der Waals surface area contributed by atoms with Crippen molar-refractivity contribution in [3.63, 3.8) is 0 Å². The summed E-state index contributed by atoms with van der Waals surface area (Å²) in [5, 5.41) is 16.5. The highest BCUT2D eigenvalue weighted by Gasteiger charge is 2.26. The Morgan fingerprint density at radius 3 is 1.46 bits per heavy atom. The van der Waals surface area contributed by atoms with Crippen molar-refractivity contribution < 1.29 is 0 Å². The van der Waals surface area contributed by atoms with Crippen molar-refractivity contribution in [2.45, 2.75) is 0 Å². The first-order valence-corrected chi connectivity index (χ1v) is 18.7. The number of aromatic nitrogens is 3. The van der Waals surface area contributed by atoms with E-state index in [1.165, 1.54) is 33.0 Å². The van der Waals surface area contributed by atoms with E-state index in [-0.39, 0.29) is 0 Å². The molecule has 1 aliphatic rings. The number of nitriles is 1. The third-order valence-corrected chi connectivity index (χ3v) is 11.1.